The van der Waals surface area contributed by atoms with Gasteiger partial charge in [0.1, 0.15) is 0 Å². The van der Waals surface area contributed by atoms with Gasteiger partial charge in [-0.15, -0.1) is 0 Å². The SMILES string of the molecule is CCN(CC)P(=[Se])(CC)CC. The first-order valence-electron chi connectivity index (χ1n) is 4.48. The van der Waals surface area contributed by atoms with Crippen LogP contribution in [0.5, 0.6) is 0 Å². The molecule has 0 aromatic rings. The first kappa shape index (κ1) is 11.9. The average Bonchev–Trinajstić information content (AvgIpc) is 2.06. The van der Waals surface area contributed by atoms with Crippen LogP contribution in [0.3, 0.4) is 0 Å². The van der Waals surface area contributed by atoms with E-state index in [0.29, 0.717) is 0 Å². The molecule has 68 valence electrons. The third-order valence-electron chi connectivity index (χ3n) is 2.23. The number of hydrogen-bond donors (Lipinski definition) is 0. The van der Waals surface area contributed by atoms with E-state index in [-0.39, 0.29) is 0 Å². The van der Waals surface area contributed by atoms with Crippen LogP contribution in [0.4, 0.5) is 0 Å². The van der Waals surface area contributed by atoms with Crippen molar-refractivity contribution in [3.8, 4) is 0 Å². The molecule has 0 fully saturated rings. The second-order valence-electron chi connectivity index (χ2n) is 2.62. The molecule has 0 aliphatic carbocycles. The van der Waals surface area contributed by atoms with Crippen molar-refractivity contribution in [2.75, 3.05) is 25.4 Å². The van der Waals surface area contributed by atoms with E-state index in [2.05, 4.69) is 47.5 Å². The van der Waals surface area contributed by atoms with Crippen molar-refractivity contribution in [1.82, 2.24) is 4.67 Å². The molecule has 0 aliphatic rings. The molecule has 0 rings (SSSR count). The summed E-state index contributed by atoms with van der Waals surface area (Å²) in [5.41, 5.74) is -0.833. The van der Waals surface area contributed by atoms with Crippen LogP contribution < -0.4 is 0 Å². The Hall–Kier alpha value is 0.909. The molecule has 3 heteroatoms. The summed E-state index contributed by atoms with van der Waals surface area (Å²) in [7, 11) is 0. The van der Waals surface area contributed by atoms with E-state index in [1.165, 1.54) is 25.4 Å². The zero-order valence-corrected chi connectivity index (χ0v) is 10.7. The Bertz CT molecular complexity index is 135. The summed E-state index contributed by atoms with van der Waals surface area (Å²) in [5, 5.41) is 0. The van der Waals surface area contributed by atoms with Gasteiger partial charge in [0.05, 0.1) is 0 Å². The maximum absolute atomic E-state index is 3.43. The van der Waals surface area contributed by atoms with E-state index in [0.717, 1.165) is 0 Å². The summed E-state index contributed by atoms with van der Waals surface area (Å²) in [5.74, 6) is 0. The molecule has 0 N–H and O–H groups in total. The molecule has 1 nitrogen and oxygen atoms in total. The third-order valence-corrected chi connectivity index (χ3v) is 10.5. The van der Waals surface area contributed by atoms with Gasteiger partial charge in [-0.05, 0) is 0 Å². The molecular weight excluding hydrogens is 220 g/mol. The van der Waals surface area contributed by atoms with E-state index in [1.807, 2.05) is 0 Å². The molecule has 0 bridgehead atoms. The summed E-state index contributed by atoms with van der Waals surface area (Å²) in [6, 6.07) is 0. The fraction of sp³-hybridized carbons (Fsp3) is 1.00. The maximum atomic E-state index is 3.43. The number of nitrogens with zero attached hydrogens (tertiary/aromatic N) is 1. The Kier molecular flexibility index (Phi) is 5.99. The molecule has 0 unspecified atom stereocenters. The van der Waals surface area contributed by atoms with Gasteiger partial charge >= 0.3 is 78.5 Å². The molecule has 11 heavy (non-hydrogen) atoms. The van der Waals surface area contributed by atoms with Gasteiger partial charge in [0, 0.05) is 0 Å². The Balaban J connectivity index is 4.32. The third kappa shape index (κ3) is 3.03. The van der Waals surface area contributed by atoms with E-state index < -0.39 is 5.66 Å². The van der Waals surface area contributed by atoms with Crippen LogP contribution in [0, 0.1) is 0 Å². The van der Waals surface area contributed by atoms with Crippen LogP contribution in [0.25, 0.3) is 0 Å². The predicted molar refractivity (Wildman–Crippen MR) is 56.7 cm³/mol. The normalized spacial score (nSPS) is 12.5. The standard InChI is InChI=1S/C8H20NPSe/c1-5-9(6-2)10(11,7-3)8-4/h5-8H2,1-4H3. The quantitative estimate of drug-likeness (QED) is 0.527. The zero-order chi connectivity index (χ0) is 8.91. The Morgan fingerprint density at radius 1 is 1.00 bits per heavy atom. The minimum atomic E-state index is -0.833. The average molecular weight is 240 g/mol. The van der Waals surface area contributed by atoms with Crippen LogP contribution in [0.15, 0.2) is 0 Å². The van der Waals surface area contributed by atoms with E-state index >= 15 is 0 Å². The monoisotopic (exact) mass is 241 g/mol. The molecule has 0 aromatic heterocycles. The molecule has 0 atom stereocenters. The summed E-state index contributed by atoms with van der Waals surface area (Å²) in [6.07, 6.45) is 2.62. The Morgan fingerprint density at radius 2 is 1.36 bits per heavy atom. The van der Waals surface area contributed by atoms with Gasteiger partial charge in [0.2, 0.25) is 0 Å². The van der Waals surface area contributed by atoms with Gasteiger partial charge in [-0.25, -0.2) is 0 Å². The summed E-state index contributed by atoms with van der Waals surface area (Å²) in [6.45, 7) is 11.5. The second kappa shape index (κ2) is 5.54. The van der Waals surface area contributed by atoms with Crippen LogP contribution in [0.2, 0.25) is 0 Å². The van der Waals surface area contributed by atoms with Gasteiger partial charge in [0.15, 0.2) is 0 Å². The van der Waals surface area contributed by atoms with E-state index in [4.69, 9.17) is 0 Å². The van der Waals surface area contributed by atoms with Crippen molar-refractivity contribution >= 4 is 20.8 Å². The van der Waals surface area contributed by atoms with Crippen molar-refractivity contribution in [1.29, 1.82) is 0 Å². The van der Waals surface area contributed by atoms with E-state index in [9.17, 15) is 0 Å². The number of rotatable bonds is 5. The van der Waals surface area contributed by atoms with Crippen molar-refractivity contribution in [2.24, 2.45) is 0 Å². The molecule has 0 aromatic carbocycles. The van der Waals surface area contributed by atoms with Crippen molar-refractivity contribution in [3.63, 3.8) is 0 Å². The van der Waals surface area contributed by atoms with Crippen LogP contribution in [-0.2, 0) is 0 Å². The molecule has 0 saturated heterocycles. The molecule has 0 aliphatic heterocycles. The second-order valence-corrected chi connectivity index (χ2v) is 10.4. The van der Waals surface area contributed by atoms with Gasteiger partial charge in [-0.2, -0.15) is 0 Å². The first-order chi connectivity index (χ1) is 5.14. The molecule has 0 heterocycles. The molecule has 0 amide bonds. The summed E-state index contributed by atoms with van der Waals surface area (Å²) < 4.78 is 2.60. The zero-order valence-electron chi connectivity index (χ0n) is 8.13. The van der Waals surface area contributed by atoms with Crippen LogP contribution in [-0.4, -0.2) is 45.2 Å². The molecule has 0 spiro atoms. The fourth-order valence-electron chi connectivity index (χ4n) is 1.36. The van der Waals surface area contributed by atoms with Crippen molar-refractivity contribution in [2.45, 2.75) is 27.7 Å². The molecule has 0 radical (unpaired) electrons. The Labute approximate surface area is 78.8 Å². The fourth-order valence-corrected chi connectivity index (χ4v) is 5.09. The van der Waals surface area contributed by atoms with Crippen LogP contribution in [0.1, 0.15) is 27.7 Å². The summed E-state index contributed by atoms with van der Waals surface area (Å²) in [4.78, 5) is 0. The number of hydrogen-bond acceptors (Lipinski definition) is 1. The predicted octanol–water partition coefficient (Wildman–Crippen LogP) is 2.38. The Morgan fingerprint density at radius 3 is 1.45 bits per heavy atom. The topological polar surface area (TPSA) is 3.24 Å². The molecule has 0 saturated carbocycles. The van der Waals surface area contributed by atoms with Crippen molar-refractivity contribution in [3.05, 3.63) is 0 Å². The van der Waals surface area contributed by atoms with Gasteiger partial charge in [-0.3, -0.25) is 0 Å². The first-order valence-corrected chi connectivity index (χ1v) is 8.80. The minimum absolute atomic E-state index is 0.833. The van der Waals surface area contributed by atoms with Crippen molar-refractivity contribution < 1.29 is 0 Å². The molecular formula is C8H20NPSe. The summed E-state index contributed by atoms with van der Waals surface area (Å²) >= 11 is 3.43. The van der Waals surface area contributed by atoms with E-state index in [1.54, 1.807) is 0 Å². The van der Waals surface area contributed by atoms with Gasteiger partial charge < -0.3 is 0 Å². The van der Waals surface area contributed by atoms with Crippen LogP contribution >= 0.6 is 5.66 Å². The van der Waals surface area contributed by atoms with Gasteiger partial charge in [0.25, 0.3) is 0 Å². The van der Waals surface area contributed by atoms with Gasteiger partial charge in [-0.1, -0.05) is 0 Å².